The summed E-state index contributed by atoms with van der Waals surface area (Å²) in [7, 11) is 0. The second-order valence-corrected chi connectivity index (χ2v) is 5.77. The van der Waals surface area contributed by atoms with Gasteiger partial charge in [-0.05, 0) is 44.4 Å². The monoisotopic (exact) mass is 242 g/mol. The molecular formula is C13H26N2O2. The van der Waals surface area contributed by atoms with Crippen molar-refractivity contribution >= 4 is 6.03 Å². The van der Waals surface area contributed by atoms with Gasteiger partial charge in [-0.25, -0.2) is 4.79 Å². The molecule has 100 valence electrons. The summed E-state index contributed by atoms with van der Waals surface area (Å²) in [4.78, 5) is 11.7. The van der Waals surface area contributed by atoms with Crippen LogP contribution in [-0.2, 0) is 0 Å². The Morgan fingerprint density at radius 1 is 1.47 bits per heavy atom. The first-order chi connectivity index (χ1) is 7.98. The van der Waals surface area contributed by atoms with Gasteiger partial charge in [0.25, 0.3) is 0 Å². The van der Waals surface area contributed by atoms with E-state index in [1.165, 1.54) is 0 Å². The molecule has 0 aliphatic heterocycles. The smallest absolute Gasteiger partial charge is 0.315 e. The van der Waals surface area contributed by atoms with Crippen molar-refractivity contribution in [3.63, 3.8) is 0 Å². The van der Waals surface area contributed by atoms with Crippen LogP contribution >= 0.6 is 0 Å². The molecule has 0 aromatic rings. The number of hydrogen-bond donors (Lipinski definition) is 3. The first-order valence-corrected chi connectivity index (χ1v) is 6.65. The molecule has 1 aliphatic rings. The van der Waals surface area contributed by atoms with Gasteiger partial charge in [-0.1, -0.05) is 13.8 Å². The molecule has 0 aromatic carbocycles. The van der Waals surface area contributed by atoms with Crippen LogP contribution in [0.25, 0.3) is 0 Å². The Balaban J connectivity index is 2.19. The Morgan fingerprint density at radius 2 is 2.12 bits per heavy atom. The van der Waals surface area contributed by atoms with Gasteiger partial charge in [-0.3, -0.25) is 0 Å². The number of rotatable bonds is 7. The molecule has 17 heavy (non-hydrogen) atoms. The largest absolute Gasteiger partial charge is 0.394 e. The molecule has 4 heteroatoms. The average molecular weight is 242 g/mol. The van der Waals surface area contributed by atoms with Crippen LogP contribution in [-0.4, -0.2) is 29.8 Å². The highest BCUT2D eigenvalue weighted by atomic mass is 16.3. The third-order valence-electron chi connectivity index (χ3n) is 3.45. The molecule has 1 atom stereocenters. The molecule has 0 heterocycles. The minimum Gasteiger partial charge on any atom is -0.394 e. The number of urea groups is 1. The summed E-state index contributed by atoms with van der Waals surface area (Å²) in [6, 6.07) is -0.155. The quantitative estimate of drug-likeness (QED) is 0.597. The number of amides is 2. The number of aliphatic hydroxyl groups excluding tert-OH is 1. The fourth-order valence-electron chi connectivity index (χ4n) is 2.01. The van der Waals surface area contributed by atoms with Crippen molar-refractivity contribution in [2.75, 3.05) is 13.2 Å². The van der Waals surface area contributed by atoms with Gasteiger partial charge in [0.2, 0.25) is 0 Å². The highest BCUT2D eigenvalue weighted by Gasteiger charge is 2.42. The maximum atomic E-state index is 11.7. The molecule has 0 spiro atoms. The Bertz CT molecular complexity index is 252. The van der Waals surface area contributed by atoms with Gasteiger partial charge in [-0.15, -0.1) is 0 Å². The summed E-state index contributed by atoms with van der Waals surface area (Å²) in [5.74, 6) is 1.11. The van der Waals surface area contributed by atoms with E-state index in [0.29, 0.717) is 18.4 Å². The summed E-state index contributed by atoms with van der Waals surface area (Å²) in [5.41, 5.74) is -0.442. The molecular weight excluding hydrogens is 216 g/mol. The Hall–Kier alpha value is -0.770. The number of carbonyl (C=O) groups excluding carboxylic acids is 1. The number of nitrogens with one attached hydrogen (secondary N) is 2. The normalized spacial score (nSPS) is 18.9. The van der Waals surface area contributed by atoms with Crippen molar-refractivity contribution in [1.29, 1.82) is 0 Å². The number of carbonyl (C=O) groups is 1. The van der Waals surface area contributed by atoms with E-state index in [0.717, 1.165) is 25.7 Å². The lowest BCUT2D eigenvalue weighted by atomic mass is 9.97. The molecule has 0 radical (unpaired) electrons. The highest BCUT2D eigenvalue weighted by Crippen LogP contribution is 2.39. The van der Waals surface area contributed by atoms with E-state index in [-0.39, 0.29) is 12.6 Å². The van der Waals surface area contributed by atoms with E-state index in [2.05, 4.69) is 24.5 Å². The van der Waals surface area contributed by atoms with Crippen LogP contribution in [0.5, 0.6) is 0 Å². The van der Waals surface area contributed by atoms with Crippen molar-refractivity contribution in [3.05, 3.63) is 0 Å². The van der Waals surface area contributed by atoms with Gasteiger partial charge in [0.1, 0.15) is 0 Å². The standard InChI is InChI=1S/C13H26N2O2/c1-10(2)5-4-8-14-12(17)15-13(3,9-16)11-6-7-11/h10-11,16H,4-9H2,1-3H3,(H2,14,15,17). The van der Waals surface area contributed by atoms with Crippen LogP contribution in [0.1, 0.15) is 46.5 Å². The summed E-state index contributed by atoms with van der Waals surface area (Å²) in [6.45, 7) is 6.98. The number of hydrogen-bond acceptors (Lipinski definition) is 2. The van der Waals surface area contributed by atoms with Crippen LogP contribution in [0.3, 0.4) is 0 Å². The van der Waals surface area contributed by atoms with Crippen LogP contribution in [0, 0.1) is 11.8 Å². The molecule has 3 N–H and O–H groups in total. The van der Waals surface area contributed by atoms with E-state index in [1.807, 2.05) is 6.92 Å². The third-order valence-corrected chi connectivity index (χ3v) is 3.45. The summed E-state index contributed by atoms with van der Waals surface area (Å²) in [6.07, 6.45) is 4.33. The molecule has 1 saturated carbocycles. The lowest BCUT2D eigenvalue weighted by molar-refractivity contribution is 0.155. The summed E-state index contributed by atoms with van der Waals surface area (Å²) >= 11 is 0. The lowest BCUT2D eigenvalue weighted by Gasteiger charge is -2.28. The van der Waals surface area contributed by atoms with Gasteiger partial charge >= 0.3 is 6.03 Å². The minimum absolute atomic E-state index is 0.0110. The molecule has 4 nitrogen and oxygen atoms in total. The van der Waals surface area contributed by atoms with Gasteiger partial charge in [-0.2, -0.15) is 0 Å². The molecule has 0 aromatic heterocycles. The van der Waals surface area contributed by atoms with Gasteiger partial charge < -0.3 is 15.7 Å². The third kappa shape index (κ3) is 4.94. The van der Waals surface area contributed by atoms with Crippen molar-refractivity contribution in [1.82, 2.24) is 10.6 Å². The van der Waals surface area contributed by atoms with Crippen LogP contribution in [0.15, 0.2) is 0 Å². The zero-order chi connectivity index (χ0) is 12.9. The molecule has 0 saturated heterocycles. The predicted octanol–water partition coefficient (Wildman–Crippen LogP) is 1.88. The lowest BCUT2D eigenvalue weighted by Crippen LogP contribution is -2.54. The fourth-order valence-corrected chi connectivity index (χ4v) is 2.01. The first kappa shape index (κ1) is 14.3. The highest BCUT2D eigenvalue weighted by molar-refractivity contribution is 5.74. The van der Waals surface area contributed by atoms with Crippen molar-refractivity contribution < 1.29 is 9.90 Å². The molecule has 2 amide bonds. The average Bonchev–Trinajstić information content (AvgIpc) is 3.08. The SMILES string of the molecule is CC(C)CCCNC(=O)NC(C)(CO)C1CC1. The van der Waals surface area contributed by atoms with Gasteiger partial charge in [0, 0.05) is 6.54 Å². The summed E-state index contributed by atoms with van der Waals surface area (Å²) in [5, 5.41) is 15.1. The van der Waals surface area contributed by atoms with Gasteiger partial charge in [0.05, 0.1) is 12.1 Å². The van der Waals surface area contributed by atoms with Crippen LogP contribution in [0.2, 0.25) is 0 Å². The second kappa shape index (κ2) is 6.24. The molecule has 1 fully saturated rings. The topological polar surface area (TPSA) is 61.4 Å². The van der Waals surface area contributed by atoms with Gasteiger partial charge in [0.15, 0.2) is 0 Å². The molecule has 1 rings (SSSR count). The summed E-state index contributed by atoms with van der Waals surface area (Å²) < 4.78 is 0. The second-order valence-electron chi connectivity index (χ2n) is 5.77. The van der Waals surface area contributed by atoms with Crippen LogP contribution in [0.4, 0.5) is 4.79 Å². The molecule has 0 bridgehead atoms. The van der Waals surface area contributed by atoms with E-state index in [1.54, 1.807) is 0 Å². The molecule has 1 unspecified atom stereocenters. The Morgan fingerprint density at radius 3 is 2.59 bits per heavy atom. The van der Waals surface area contributed by atoms with Crippen molar-refractivity contribution in [2.45, 2.75) is 52.0 Å². The van der Waals surface area contributed by atoms with E-state index in [4.69, 9.17) is 0 Å². The Labute approximate surface area is 104 Å². The van der Waals surface area contributed by atoms with E-state index in [9.17, 15) is 9.90 Å². The minimum atomic E-state index is -0.442. The zero-order valence-electron chi connectivity index (χ0n) is 11.3. The maximum Gasteiger partial charge on any atom is 0.315 e. The van der Waals surface area contributed by atoms with Crippen molar-refractivity contribution in [3.8, 4) is 0 Å². The zero-order valence-corrected chi connectivity index (χ0v) is 11.3. The van der Waals surface area contributed by atoms with E-state index >= 15 is 0 Å². The Kier molecular flexibility index (Phi) is 5.25. The predicted molar refractivity (Wildman–Crippen MR) is 68.8 cm³/mol. The van der Waals surface area contributed by atoms with Crippen LogP contribution < -0.4 is 10.6 Å². The number of aliphatic hydroxyl groups is 1. The first-order valence-electron chi connectivity index (χ1n) is 6.65. The fraction of sp³-hybridized carbons (Fsp3) is 0.923. The van der Waals surface area contributed by atoms with E-state index < -0.39 is 5.54 Å². The van der Waals surface area contributed by atoms with Crippen molar-refractivity contribution in [2.24, 2.45) is 11.8 Å². The maximum absolute atomic E-state index is 11.7. The molecule has 1 aliphatic carbocycles.